The lowest BCUT2D eigenvalue weighted by atomic mass is 9.58. The monoisotopic (exact) mass is 499 g/mol. The Hall–Kier alpha value is -2.79. The first-order chi connectivity index (χ1) is 14.8. The van der Waals surface area contributed by atoms with Crippen molar-refractivity contribution in [3.8, 4) is 5.75 Å². The minimum absolute atomic E-state index is 0. The Morgan fingerprint density at radius 1 is 1.24 bits per heavy atom. The van der Waals surface area contributed by atoms with Crippen molar-refractivity contribution < 1.29 is 34.8 Å². The van der Waals surface area contributed by atoms with Crippen LogP contribution < -0.4 is 11.5 Å². The Balaban J connectivity index is 0.00000306. The smallest absolute Gasteiger partial charge is 0.255 e. The molecule has 0 saturated heterocycles. The Morgan fingerprint density at radius 2 is 1.85 bits per heavy atom. The average molecular weight is 500 g/mol. The third kappa shape index (κ3) is 3.12. The molecule has 0 spiro atoms. The molecule has 8 N–H and O–H groups in total. The molecule has 0 aromatic heterocycles. The van der Waals surface area contributed by atoms with Crippen LogP contribution in [0.1, 0.15) is 22.3 Å². The van der Waals surface area contributed by atoms with Gasteiger partial charge in [0.15, 0.2) is 17.1 Å². The van der Waals surface area contributed by atoms with Crippen LogP contribution in [0.15, 0.2) is 28.7 Å². The van der Waals surface area contributed by atoms with E-state index in [9.17, 15) is 34.8 Å². The number of likely N-dealkylation sites (N-methyl/N-ethyl adjacent to an activating group) is 1. The van der Waals surface area contributed by atoms with Crippen LogP contribution in [0.2, 0.25) is 5.02 Å². The molecule has 3 aliphatic rings. The van der Waals surface area contributed by atoms with E-state index >= 15 is 0 Å². The predicted octanol–water partition coefficient (Wildman–Crippen LogP) is 0.778. The number of hydrogen-bond donors (Lipinski definition) is 6. The maximum absolute atomic E-state index is 13.3. The summed E-state index contributed by atoms with van der Waals surface area (Å²) in [5, 5.41) is 43.7. The Kier molecular flexibility index (Phi) is 5.96. The second-order valence-electron chi connectivity index (χ2n) is 8.62. The van der Waals surface area contributed by atoms with Gasteiger partial charge in [-0.1, -0.05) is 11.6 Å². The second kappa shape index (κ2) is 7.91. The van der Waals surface area contributed by atoms with Gasteiger partial charge in [-0.25, -0.2) is 0 Å². The minimum Gasteiger partial charge on any atom is -0.510 e. The number of nitrogen functional groups attached to an aromatic ring is 1. The van der Waals surface area contributed by atoms with Gasteiger partial charge in [-0.15, -0.1) is 12.4 Å². The number of phenols is 1. The number of nitrogens with zero attached hydrogens (tertiary/aromatic N) is 1. The molecule has 4 atom stereocenters. The lowest BCUT2D eigenvalue weighted by Crippen LogP contribution is -2.63. The standard InChI is InChI=1S/C21H22ClN3O7.ClH/c1-25(2)14-8-4-6-3-7-5-9(22)13(23)16(27)10(7)15(26)11(6)18(29)21(8,32)19(30)12(17(14)28)20(24)31;/h5-6,8,14,27-29,32H,3-4,23H2,1-2H3,(H2,24,31);1H/t6?,8?,14-,21?;/m0./s1. The normalized spacial score (nSPS) is 28.8. The summed E-state index contributed by atoms with van der Waals surface area (Å²) in [6, 6.07) is 0.417. The van der Waals surface area contributed by atoms with Crippen molar-refractivity contribution >= 4 is 47.2 Å². The lowest BCUT2D eigenvalue weighted by Gasteiger charge is -2.50. The molecule has 10 nitrogen and oxygen atoms in total. The quantitative estimate of drug-likeness (QED) is 0.194. The van der Waals surface area contributed by atoms with Crippen LogP contribution in [0.25, 0.3) is 0 Å². The fourth-order valence-electron chi connectivity index (χ4n) is 5.29. The molecule has 3 unspecified atom stereocenters. The second-order valence-corrected chi connectivity index (χ2v) is 9.03. The molecule has 1 amide bonds. The topological polar surface area (TPSA) is 187 Å². The number of benzene rings is 1. The zero-order chi connectivity index (χ0) is 23.9. The predicted molar refractivity (Wildman–Crippen MR) is 120 cm³/mol. The lowest BCUT2D eigenvalue weighted by molar-refractivity contribution is -0.148. The average Bonchev–Trinajstić information content (AvgIpc) is 2.68. The van der Waals surface area contributed by atoms with Gasteiger partial charge >= 0.3 is 0 Å². The van der Waals surface area contributed by atoms with Crippen LogP contribution >= 0.6 is 24.0 Å². The molecule has 12 heteroatoms. The molecule has 4 rings (SSSR count). The summed E-state index contributed by atoms with van der Waals surface area (Å²) in [7, 11) is 3.13. The number of aliphatic hydroxyl groups excluding tert-OH is 2. The van der Waals surface area contributed by atoms with E-state index in [1.165, 1.54) is 11.0 Å². The number of fused-ring (bicyclic) bond motifs is 3. The highest BCUT2D eigenvalue weighted by atomic mass is 35.5. The van der Waals surface area contributed by atoms with Gasteiger partial charge < -0.3 is 31.9 Å². The molecular formula is C21H23Cl2N3O7. The van der Waals surface area contributed by atoms with Gasteiger partial charge in [-0.05, 0) is 44.5 Å². The highest BCUT2D eigenvalue weighted by Crippen LogP contribution is 2.53. The molecule has 0 heterocycles. The van der Waals surface area contributed by atoms with Gasteiger partial charge in [0.25, 0.3) is 5.91 Å². The summed E-state index contributed by atoms with van der Waals surface area (Å²) < 4.78 is 0. The van der Waals surface area contributed by atoms with E-state index < -0.39 is 63.8 Å². The Labute approximate surface area is 199 Å². The van der Waals surface area contributed by atoms with Crippen molar-refractivity contribution in [1.82, 2.24) is 4.90 Å². The number of primary amides is 1. The number of allylic oxidation sites excluding steroid dienone is 1. The summed E-state index contributed by atoms with van der Waals surface area (Å²) in [4.78, 5) is 39.8. The summed E-state index contributed by atoms with van der Waals surface area (Å²) >= 11 is 6.05. The molecule has 33 heavy (non-hydrogen) atoms. The highest BCUT2D eigenvalue weighted by Gasteiger charge is 2.63. The number of amides is 1. The molecule has 0 bridgehead atoms. The van der Waals surface area contributed by atoms with Gasteiger partial charge in [-0.2, -0.15) is 0 Å². The van der Waals surface area contributed by atoms with Gasteiger partial charge in [0.05, 0.1) is 22.3 Å². The molecular weight excluding hydrogens is 477 g/mol. The van der Waals surface area contributed by atoms with Crippen molar-refractivity contribution in [2.75, 3.05) is 19.8 Å². The van der Waals surface area contributed by atoms with E-state index in [4.69, 9.17) is 23.1 Å². The number of carbonyl (C=O) groups excluding carboxylic acids is 3. The molecule has 178 valence electrons. The van der Waals surface area contributed by atoms with Crippen molar-refractivity contribution in [3.05, 3.63) is 44.9 Å². The first-order valence-corrected chi connectivity index (χ1v) is 10.2. The molecule has 1 aromatic carbocycles. The SMILES string of the molecule is CN(C)[C@@H]1C(O)=C(C(N)=O)C(=O)C2(O)C(O)=C3C(=O)c4c(cc(Cl)c(N)c4O)CC3CC12.Cl. The number of nitrogens with two attached hydrogens (primary N) is 2. The van der Waals surface area contributed by atoms with E-state index in [0.717, 1.165) is 0 Å². The highest BCUT2D eigenvalue weighted by molar-refractivity contribution is 6.34. The van der Waals surface area contributed by atoms with E-state index in [-0.39, 0.29) is 47.1 Å². The zero-order valence-electron chi connectivity index (χ0n) is 17.6. The van der Waals surface area contributed by atoms with Gasteiger partial charge in [0.1, 0.15) is 17.1 Å². The number of aliphatic hydroxyl groups is 3. The number of anilines is 1. The largest absolute Gasteiger partial charge is 0.510 e. The Bertz CT molecular complexity index is 1180. The van der Waals surface area contributed by atoms with Crippen LogP contribution in [0.4, 0.5) is 5.69 Å². The first kappa shape index (κ1) is 24.8. The Morgan fingerprint density at radius 3 is 2.39 bits per heavy atom. The molecule has 0 radical (unpaired) electrons. The number of aromatic hydroxyl groups is 1. The summed E-state index contributed by atoms with van der Waals surface area (Å²) in [5.74, 6) is -7.19. The number of carbonyl (C=O) groups is 3. The van der Waals surface area contributed by atoms with Crippen molar-refractivity contribution in [2.45, 2.75) is 24.5 Å². The molecule has 1 aromatic rings. The molecule has 0 fully saturated rings. The number of ketones is 2. The third-order valence-corrected chi connectivity index (χ3v) is 7.01. The summed E-state index contributed by atoms with van der Waals surface area (Å²) in [5.41, 5.74) is 7.26. The zero-order valence-corrected chi connectivity index (χ0v) is 19.2. The van der Waals surface area contributed by atoms with Crippen molar-refractivity contribution in [1.29, 1.82) is 0 Å². The molecule has 3 aliphatic carbocycles. The van der Waals surface area contributed by atoms with Crippen molar-refractivity contribution in [3.63, 3.8) is 0 Å². The van der Waals surface area contributed by atoms with E-state index in [0.29, 0.717) is 5.56 Å². The maximum atomic E-state index is 13.3. The van der Waals surface area contributed by atoms with Gasteiger partial charge in [0, 0.05) is 11.5 Å². The molecule has 0 aliphatic heterocycles. The van der Waals surface area contributed by atoms with Crippen LogP contribution in [0, 0.1) is 11.8 Å². The van der Waals surface area contributed by atoms with Crippen molar-refractivity contribution in [2.24, 2.45) is 17.6 Å². The fraction of sp³-hybridized carbons (Fsp3) is 0.381. The fourth-order valence-corrected chi connectivity index (χ4v) is 5.51. The first-order valence-electron chi connectivity index (χ1n) is 9.78. The number of phenolic OH excluding ortho intramolecular Hbond substituents is 1. The number of rotatable bonds is 2. The molecule has 0 saturated carbocycles. The number of Topliss-reactive ketones (excluding diaryl/α,β-unsaturated/α-hetero) is 2. The van der Waals surface area contributed by atoms with Crippen LogP contribution in [-0.4, -0.2) is 68.5 Å². The number of hydrogen-bond acceptors (Lipinski definition) is 9. The van der Waals surface area contributed by atoms with E-state index in [2.05, 4.69) is 0 Å². The van der Waals surface area contributed by atoms with Gasteiger partial charge in [0.2, 0.25) is 5.78 Å². The third-order valence-electron chi connectivity index (χ3n) is 6.70. The van der Waals surface area contributed by atoms with Crippen LogP contribution in [-0.2, 0) is 16.0 Å². The van der Waals surface area contributed by atoms with Gasteiger partial charge in [-0.3, -0.25) is 19.3 Å². The number of halogens is 2. The summed E-state index contributed by atoms with van der Waals surface area (Å²) in [6.45, 7) is 0. The van der Waals surface area contributed by atoms with E-state index in [1.54, 1.807) is 14.1 Å². The van der Waals surface area contributed by atoms with E-state index in [1.807, 2.05) is 0 Å². The van der Waals surface area contributed by atoms with Crippen LogP contribution in [0.3, 0.4) is 0 Å². The van der Waals surface area contributed by atoms with Crippen LogP contribution in [0.5, 0.6) is 5.75 Å². The maximum Gasteiger partial charge on any atom is 0.255 e. The minimum atomic E-state index is -2.67. The summed E-state index contributed by atoms with van der Waals surface area (Å²) in [6.07, 6.45) is 0.163.